The van der Waals surface area contributed by atoms with Gasteiger partial charge in [-0.15, -0.1) is 0 Å². The van der Waals surface area contributed by atoms with E-state index in [0.717, 1.165) is 24.0 Å². The van der Waals surface area contributed by atoms with Crippen molar-refractivity contribution in [3.05, 3.63) is 35.4 Å². The molecule has 1 fully saturated rings. The van der Waals surface area contributed by atoms with Crippen LogP contribution in [0.15, 0.2) is 24.3 Å². The molecule has 1 aliphatic rings. The maximum absolute atomic E-state index is 12.3. The summed E-state index contributed by atoms with van der Waals surface area (Å²) in [7, 11) is 1.88. The Bertz CT molecular complexity index is 518. The fourth-order valence-electron chi connectivity index (χ4n) is 2.75. The lowest BCUT2D eigenvalue weighted by molar-refractivity contribution is -0.134. The number of nitrogens with zero attached hydrogens (tertiary/aromatic N) is 1. The van der Waals surface area contributed by atoms with Gasteiger partial charge in [-0.3, -0.25) is 4.79 Å². The molecule has 0 saturated heterocycles. The van der Waals surface area contributed by atoms with Gasteiger partial charge in [-0.1, -0.05) is 36.8 Å². The minimum atomic E-state index is 0.0964. The summed E-state index contributed by atoms with van der Waals surface area (Å²) in [6.07, 6.45) is 4.96. The summed E-state index contributed by atoms with van der Waals surface area (Å²) in [6.45, 7) is 0.749. The fraction of sp³-hybridized carbons (Fsp3) is 0.500. The van der Waals surface area contributed by atoms with Crippen molar-refractivity contribution in [2.75, 3.05) is 13.7 Å². The molecule has 1 saturated carbocycles. The maximum Gasteiger partial charge on any atom is 0.225 e. The Balaban J connectivity index is 1.90. The van der Waals surface area contributed by atoms with E-state index in [4.69, 9.17) is 5.11 Å². The number of aliphatic hydroxyl groups is 1. The molecular formula is C18H23NO2. The highest BCUT2D eigenvalue weighted by molar-refractivity contribution is 5.78. The number of hydrogen-bond donors (Lipinski definition) is 1. The molecule has 0 radical (unpaired) electrons. The van der Waals surface area contributed by atoms with Crippen molar-refractivity contribution in [1.82, 2.24) is 4.90 Å². The van der Waals surface area contributed by atoms with Gasteiger partial charge in [-0.25, -0.2) is 0 Å². The second-order valence-corrected chi connectivity index (χ2v) is 5.65. The van der Waals surface area contributed by atoms with E-state index in [2.05, 4.69) is 11.8 Å². The first-order valence-corrected chi connectivity index (χ1v) is 7.64. The number of carbonyl (C=O) groups excluding carboxylic acids is 1. The highest BCUT2D eigenvalue weighted by atomic mass is 16.2. The molecule has 0 unspecified atom stereocenters. The van der Waals surface area contributed by atoms with Crippen molar-refractivity contribution >= 4 is 5.91 Å². The Morgan fingerprint density at radius 1 is 1.29 bits per heavy atom. The van der Waals surface area contributed by atoms with Gasteiger partial charge in [0.15, 0.2) is 0 Å². The van der Waals surface area contributed by atoms with Gasteiger partial charge in [-0.05, 0) is 30.5 Å². The van der Waals surface area contributed by atoms with Crippen molar-refractivity contribution < 1.29 is 9.90 Å². The van der Waals surface area contributed by atoms with Gasteiger partial charge in [0.2, 0.25) is 5.91 Å². The largest absolute Gasteiger partial charge is 0.395 e. The van der Waals surface area contributed by atoms with Gasteiger partial charge in [0.05, 0.1) is 6.61 Å². The Labute approximate surface area is 127 Å². The van der Waals surface area contributed by atoms with Crippen LogP contribution in [0.3, 0.4) is 0 Å². The van der Waals surface area contributed by atoms with E-state index in [1.54, 1.807) is 0 Å². The number of rotatable bonds is 4. The lowest BCUT2D eigenvalue weighted by Gasteiger charge is -2.21. The van der Waals surface area contributed by atoms with E-state index in [-0.39, 0.29) is 18.4 Å². The van der Waals surface area contributed by atoms with Crippen LogP contribution in [0.4, 0.5) is 0 Å². The third-order valence-corrected chi connectivity index (χ3v) is 3.92. The van der Waals surface area contributed by atoms with Crippen molar-refractivity contribution in [3.8, 4) is 11.8 Å². The summed E-state index contributed by atoms with van der Waals surface area (Å²) in [4.78, 5) is 14.1. The van der Waals surface area contributed by atoms with Gasteiger partial charge >= 0.3 is 0 Å². The molecule has 21 heavy (non-hydrogen) atoms. The zero-order valence-electron chi connectivity index (χ0n) is 12.6. The molecule has 0 aliphatic heterocycles. The number of benzene rings is 1. The average molecular weight is 285 g/mol. The van der Waals surface area contributed by atoms with Gasteiger partial charge < -0.3 is 10.0 Å². The third kappa shape index (κ3) is 4.61. The van der Waals surface area contributed by atoms with E-state index >= 15 is 0 Å². The summed E-state index contributed by atoms with van der Waals surface area (Å²) in [5, 5.41) is 8.69. The first-order chi connectivity index (χ1) is 10.2. The lowest BCUT2D eigenvalue weighted by Crippen LogP contribution is -2.31. The van der Waals surface area contributed by atoms with Crippen LogP contribution in [0.5, 0.6) is 0 Å². The quantitative estimate of drug-likeness (QED) is 0.864. The molecule has 0 spiro atoms. The summed E-state index contributed by atoms with van der Waals surface area (Å²) >= 11 is 0. The van der Waals surface area contributed by atoms with Crippen LogP contribution in [-0.2, 0) is 11.3 Å². The third-order valence-electron chi connectivity index (χ3n) is 3.92. The van der Waals surface area contributed by atoms with E-state index in [1.807, 2.05) is 36.2 Å². The second kappa shape index (κ2) is 7.85. The summed E-state index contributed by atoms with van der Waals surface area (Å²) < 4.78 is 0. The smallest absolute Gasteiger partial charge is 0.225 e. The minimum Gasteiger partial charge on any atom is -0.395 e. The zero-order chi connectivity index (χ0) is 15.1. The van der Waals surface area contributed by atoms with Crippen LogP contribution < -0.4 is 0 Å². The molecule has 1 aromatic rings. The number of amides is 1. The zero-order valence-corrected chi connectivity index (χ0v) is 12.6. The molecule has 0 heterocycles. The monoisotopic (exact) mass is 285 g/mol. The molecule has 1 N–H and O–H groups in total. The van der Waals surface area contributed by atoms with E-state index in [1.165, 1.54) is 12.8 Å². The fourth-order valence-corrected chi connectivity index (χ4v) is 2.75. The lowest BCUT2D eigenvalue weighted by atomic mass is 10.1. The van der Waals surface area contributed by atoms with Crippen molar-refractivity contribution in [1.29, 1.82) is 0 Å². The predicted molar refractivity (Wildman–Crippen MR) is 83.5 cm³/mol. The van der Waals surface area contributed by atoms with Gasteiger partial charge in [0, 0.05) is 31.5 Å². The molecule has 3 nitrogen and oxygen atoms in total. The average Bonchev–Trinajstić information content (AvgIpc) is 3.02. The van der Waals surface area contributed by atoms with Crippen LogP contribution in [0.1, 0.15) is 43.2 Å². The van der Waals surface area contributed by atoms with E-state index in [9.17, 15) is 4.79 Å². The maximum atomic E-state index is 12.3. The molecule has 0 atom stereocenters. The van der Waals surface area contributed by atoms with E-state index < -0.39 is 0 Å². The second-order valence-electron chi connectivity index (χ2n) is 5.65. The molecule has 0 aromatic heterocycles. The molecular weight excluding hydrogens is 262 g/mol. The van der Waals surface area contributed by atoms with Crippen molar-refractivity contribution in [2.24, 2.45) is 5.92 Å². The molecule has 1 aliphatic carbocycles. The molecule has 0 bridgehead atoms. The first kappa shape index (κ1) is 15.6. The molecule has 112 valence electrons. The normalized spacial score (nSPS) is 14.6. The van der Waals surface area contributed by atoms with Crippen LogP contribution in [0.25, 0.3) is 0 Å². The first-order valence-electron chi connectivity index (χ1n) is 7.64. The highest BCUT2D eigenvalue weighted by Gasteiger charge is 2.25. The van der Waals surface area contributed by atoms with Gasteiger partial charge in [-0.2, -0.15) is 0 Å². The van der Waals surface area contributed by atoms with Crippen LogP contribution in [0, 0.1) is 17.8 Å². The SMILES string of the molecule is CN(Cc1ccc(C#CCCO)cc1)C(=O)C1CCCC1. The predicted octanol–water partition coefficient (Wildman–Crippen LogP) is 2.57. The van der Waals surface area contributed by atoms with Crippen LogP contribution in [0.2, 0.25) is 0 Å². The topological polar surface area (TPSA) is 40.5 Å². The number of carbonyl (C=O) groups is 1. The Kier molecular flexibility index (Phi) is 5.83. The standard InChI is InChI=1S/C18H23NO2/c1-19(18(21)17-7-2-3-8-17)14-16-11-9-15(10-12-16)6-4-5-13-20/h9-12,17,20H,2-3,5,7-8,13-14H2,1H3. The summed E-state index contributed by atoms with van der Waals surface area (Å²) in [5.41, 5.74) is 2.06. The Morgan fingerprint density at radius 3 is 2.57 bits per heavy atom. The molecule has 1 aromatic carbocycles. The molecule has 2 rings (SSSR count). The molecule has 3 heteroatoms. The summed E-state index contributed by atoms with van der Waals surface area (Å²) in [6, 6.07) is 7.96. The van der Waals surface area contributed by atoms with Gasteiger partial charge in [0.25, 0.3) is 0 Å². The van der Waals surface area contributed by atoms with E-state index in [0.29, 0.717) is 13.0 Å². The summed E-state index contributed by atoms with van der Waals surface area (Å²) in [5.74, 6) is 6.42. The highest BCUT2D eigenvalue weighted by Crippen LogP contribution is 2.26. The minimum absolute atomic E-state index is 0.0964. The molecule has 1 amide bonds. The Morgan fingerprint density at radius 2 is 1.95 bits per heavy atom. The van der Waals surface area contributed by atoms with Crippen molar-refractivity contribution in [2.45, 2.75) is 38.6 Å². The van der Waals surface area contributed by atoms with Gasteiger partial charge in [0.1, 0.15) is 0 Å². The van der Waals surface area contributed by atoms with Crippen LogP contribution >= 0.6 is 0 Å². The van der Waals surface area contributed by atoms with Crippen LogP contribution in [-0.4, -0.2) is 29.6 Å². The van der Waals surface area contributed by atoms with Crippen molar-refractivity contribution in [3.63, 3.8) is 0 Å². The number of hydrogen-bond acceptors (Lipinski definition) is 2. The number of aliphatic hydroxyl groups excluding tert-OH is 1. The Hall–Kier alpha value is -1.79.